The minimum atomic E-state index is -0.785. The van der Waals surface area contributed by atoms with Crippen LogP contribution in [-0.4, -0.2) is 17.8 Å². The summed E-state index contributed by atoms with van der Waals surface area (Å²) in [6.07, 6.45) is 1.76. The maximum Gasteiger partial charge on any atom is 0.175 e. The molecule has 76 valence electrons. The second-order valence-corrected chi connectivity index (χ2v) is 3.80. The highest BCUT2D eigenvalue weighted by Crippen LogP contribution is 2.15. The van der Waals surface area contributed by atoms with Gasteiger partial charge in [-0.3, -0.25) is 4.79 Å². The van der Waals surface area contributed by atoms with Crippen LogP contribution in [0.1, 0.15) is 15.9 Å². The SMILES string of the molecule is CSCC(=O)c1cc(C)c(F)cc1F. The Morgan fingerprint density at radius 1 is 1.36 bits per heavy atom. The number of hydrogen-bond acceptors (Lipinski definition) is 2. The molecule has 0 aliphatic rings. The van der Waals surface area contributed by atoms with Crippen molar-refractivity contribution in [2.75, 3.05) is 12.0 Å². The van der Waals surface area contributed by atoms with Crippen LogP contribution in [0.15, 0.2) is 12.1 Å². The Labute approximate surface area is 85.5 Å². The molecule has 1 aromatic rings. The van der Waals surface area contributed by atoms with Crippen LogP contribution in [0.2, 0.25) is 0 Å². The van der Waals surface area contributed by atoms with Gasteiger partial charge in [0.2, 0.25) is 0 Å². The molecule has 0 spiro atoms. The van der Waals surface area contributed by atoms with E-state index in [9.17, 15) is 13.6 Å². The topological polar surface area (TPSA) is 17.1 Å². The number of rotatable bonds is 3. The molecule has 0 unspecified atom stereocenters. The third-order valence-electron chi connectivity index (χ3n) is 1.82. The Bertz CT molecular complexity index is 363. The van der Waals surface area contributed by atoms with E-state index in [-0.39, 0.29) is 22.7 Å². The Kier molecular flexibility index (Phi) is 3.63. The molecule has 0 saturated carbocycles. The maximum atomic E-state index is 13.1. The van der Waals surface area contributed by atoms with Gasteiger partial charge in [0.05, 0.1) is 11.3 Å². The van der Waals surface area contributed by atoms with E-state index < -0.39 is 11.6 Å². The Hall–Kier alpha value is -0.900. The third-order valence-corrected chi connectivity index (χ3v) is 2.38. The molecule has 0 saturated heterocycles. The summed E-state index contributed by atoms with van der Waals surface area (Å²) in [5, 5.41) is 0. The molecule has 0 amide bonds. The van der Waals surface area contributed by atoms with Gasteiger partial charge >= 0.3 is 0 Å². The molecule has 0 radical (unpaired) electrons. The van der Waals surface area contributed by atoms with Gasteiger partial charge in [-0.1, -0.05) is 0 Å². The number of hydrogen-bond donors (Lipinski definition) is 0. The lowest BCUT2D eigenvalue weighted by atomic mass is 10.1. The fraction of sp³-hybridized carbons (Fsp3) is 0.300. The lowest BCUT2D eigenvalue weighted by Gasteiger charge is -2.03. The van der Waals surface area contributed by atoms with Crippen LogP contribution in [0.5, 0.6) is 0 Å². The molecule has 1 aromatic carbocycles. The first-order valence-electron chi connectivity index (χ1n) is 4.04. The van der Waals surface area contributed by atoms with Crippen molar-refractivity contribution in [3.63, 3.8) is 0 Å². The van der Waals surface area contributed by atoms with E-state index in [4.69, 9.17) is 0 Å². The molecule has 0 bridgehead atoms. The van der Waals surface area contributed by atoms with Crippen LogP contribution in [0.25, 0.3) is 0 Å². The normalized spacial score (nSPS) is 10.3. The number of aryl methyl sites for hydroxylation is 1. The number of thioether (sulfide) groups is 1. The van der Waals surface area contributed by atoms with Crippen LogP contribution in [0, 0.1) is 18.6 Å². The Morgan fingerprint density at radius 3 is 2.57 bits per heavy atom. The van der Waals surface area contributed by atoms with E-state index in [0.717, 1.165) is 6.07 Å². The summed E-state index contributed by atoms with van der Waals surface area (Å²) in [6, 6.07) is 2.01. The van der Waals surface area contributed by atoms with Gasteiger partial charge in [0.1, 0.15) is 11.6 Å². The highest BCUT2D eigenvalue weighted by molar-refractivity contribution is 7.99. The number of carbonyl (C=O) groups excluding carboxylic acids is 1. The summed E-state index contributed by atoms with van der Waals surface area (Å²) in [6.45, 7) is 1.50. The fourth-order valence-electron chi connectivity index (χ4n) is 1.08. The molecule has 1 rings (SSSR count). The van der Waals surface area contributed by atoms with Gasteiger partial charge in [0.25, 0.3) is 0 Å². The van der Waals surface area contributed by atoms with Gasteiger partial charge in [0, 0.05) is 6.07 Å². The van der Waals surface area contributed by atoms with Crippen molar-refractivity contribution < 1.29 is 13.6 Å². The largest absolute Gasteiger partial charge is 0.293 e. The smallest absolute Gasteiger partial charge is 0.175 e. The summed E-state index contributed by atoms with van der Waals surface area (Å²) in [5.74, 6) is -1.50. The minimum Gasteiger partial charge on any atom is -0.293 e. The van der Waals surface area contributed by atoms with Crippen molar-refractivity contribution in [3.8, 4) is 0 Å². The number of Topliss-reactive ketones (excluding diaryl/α,β-unsaturated/α-hetero) is 1. The van der Waals surface area contributed by atoms with Crippen molar-refractivity contribution in [2.24, 2.45) is 0 Å². The highest BCUT2D eigenvalue weighted by Gasteiger charge is 2.13. The summed E-state index contributed by atoms with van der Waals surface area (Å²) in [4.78, 5) is 11.3. The molecule has 0 fully saturated rings. The van der Waals surface area contributed by atoms with Gasteiger partial charge in [-0.15, -0.1) is 0 Å². The van der Waals surface area contributed by atoms with Gasteiger partial charge in [0.15, 0.2) is 5.78 Å². The van der Waals surface area contributed by atoms with E-state index in [1.165, 1.54) is 24.8 Å². The van der Waals surface area contributed by atoms with E-state index in [2.05, 4.69) is 0 Å². The zero-order valence-electron chi connectivity index (χ0n) is 7.93. The van der Waals surface area contributed by atoms with E-state index in [0.29, 0.717) is 0 Å². The monoisotopic (exact) mass is 216 g/mol. The number of ketones is 1. The summed E-state index contributed by atoms with van der Waals surface area (Å²) in [7, 11) is 0. The van der Waals surface area contributed by atoms with Gasteiger partial charge < -0.3 is 0 Å². The van der Waals surface area contributed by atoms with Gasteiger partial charge in [-0.2, -0.15) is 11.8 Å². The first kappa shape index (κ1) is 11.2. The van der Waals surface area contributed by atoms with Crippen molar-refractivity contribution >= 4 is 17.5 Å². The molecular weight excluding hydrogens is 206 g/mol. The predicted molar refractivity (Wildman–Crippen MR) is 53.8 cm³/mol. The lowest BCUT2D eigenvalue weighted by molar-refractivity contribution is 0.101. The molecule has 0 atom stereocenters. The molecule has 0 N–H and O–H groups in total. The zero-order valence-corrected chi connectivity index (χ0v) is 8.75. The first-order chi connectivity index (χ1) is 6.56. The molecule has 0 aromatic heterocycles. The van der Waals surface area contributed by atoms with Crippen LogP contribution >= 0.6 is 11.8 Å². The molecule has 14 heavy (non-hydrogen) atoms. The molecule has 0 heterocycles. The number of halogens is 2. The second kappa shape index (κ2) is 4.55. The first-order valence-corrected chi connectivity index (χ1v) is 5.43. The van der Waals surface area contributed by atoms with Crippen LogP contribution in [0.4, 0.5) is 8.78 Å². The second-order valence-electron chi connectivity index (χ2n) is 2.94. The van der Waals surface area contributed by atoms with E-state index in [1.54, 1.807) is 6.26 Å². The molecular formula is C10H10F2OS. The molecule has 0 aliphatic carbocycles. The third kappa shape index (κ3) is 2.32. The van der Waals surface area contributed by atoms with Crippen molar-refractivity contribution in [1.82, 2.24) is 0 Å². The van der Waals surface area contributed by atoms with Crippen LogP contribution in [-0.2, 0) is 0 Å². The quantitative estimate of drug-likeness (QED) is 0.723. The molecule has 4 heteroatoms. The van der Waals surface area contributed by atoms with Gasteiger partial charge in [-0.05, 0) is 24.8 Å². The van der Waals surface area contributed by atoms with Crippen LogP contribution < -0.4 is 0 Å². The Balaban J connectivity index is 3.09. The minimum absolute atomic E-state index is 0.0294. The van der Waals surface area contributed by atoms with Crippen LogP contribution in [0.3, 0.4) is 0 Å². The maximum absolute atomic E-state index is 13.1. The fourth-order valence-corrected chi connectivity index (χ4v) is 1.50. The lowest BCUT2D eigenvalue weighted by Crippen LogP contribution is -2.06. The predicted octanol–water partition coefficient (Wildman–Crippen LogP) is 2.82. The summed E-state index contributed by atoms with van der Waals surface area (Å²) < 4.78 is 26.0. The summed E-state index contributed by atoms with van der Waals surface area (Å²) in [5.41, 5.74) is 0.258. The molecule has 1 nitrogen and oxygen atoms in total. The van der Waals surface area contributed by atoms with Crippen molar-refractivity contribution in [2.45, 2.75) is 6.92 Å². The number of benzene rings is 1. The van der Waals surface area contributed by atoms with Crippen molar-refractivity contribution in [3.05, 3.63) is 34.9 Å². The van der Waals surface area contributed by atoms with E-state index >= 15 is 0 Å². The highest BCUT2D eigenvalue weighted by atomic mass is 32.2. The van der Waals surface area contributed by atoms with Gasteiger partial charge in [-0.25, -0.2) is 8.78 Å². The standard InChI is InChI=1S/C10H10F2OS/c1-6-3-7(10(13)5-14-2)9(12)4-8(6)11/h3-4H,5H2,1-2H3. The van der Waals surface area contributed by atoms with Crippen molar-refractivity contribution in [1.29, 1.82) is 0 Å². The zero-order chi connectivity index (χ0) is 10.7. The Morgan fingerprint density at radius 2 is 2.00 bits per heavy atom. The molecule has 0 aliphatic heterocycles. The van der Waals surface area contributed by atoms with E-state index in [1.807, 2.05) is 0 Å². The number of carbonyl (C=O) groups is 1. The average molecular weight is 216 g/mol. The average Bonchev–Trinajstić information content (AvgIpc) is 2.11. The summed E-state index contributed by atoms with van der Waals surface area (Å²) >= 11 is 1.31.